The highest BCUT2D eigenvalue weighted by Gasteiger charge is 2.19. The van der Waals surface area contributed by atoms with Crippen molar-refractivity contribution in [2.24, 2.45) is 11.8 Å². The van der Waals surface area contributed by atoms with Crippen molar-refractivity contribution in [3.63, 3.8) is 0 Å². The quantitative estimate of drug-likeness (QED) is 0.302. The molecule has 0 unspecified atom stereocenters. The Morgan fingerprint density at radius 1 is 0.806 bits per heavy atom. The Kier molecular flexibility index (Phi) is 10.4. The second kappa shape index (κ2) is 13.6. The maximum absolute atomic E-state index is 5.86. The van der Waals surface area contributed by atoms with Crippen LogP contribution in [0.25, 0.3) is 11.3 Å². The molecule has 2 aromatic rings. The van der Waals surface area contributed by atoms with Gasteiger partial charge in [0.2, 0.25) is 0 Å². The Labute approximate surface area is 190 Å². The third kappa shape index (κ3) is 8.31. The van der Waals surface area contributed by atoms with Crippen molar-refractivity contribution in [2.45, 2.75) is 97.3 Å². The number of nitrogens with zero attached hydrogens (tertiary/aromatic N) is 1. The van der Waals surface area contributed by atoms with Crippen LogP contribution < -0.4 is 4.74 Å². The van der Waals surface area contributed by atoms with E-state index < -0.39 is 0 Å². The van der Waals surface area contributed by atoms with Crippen LogP contribution in [0.4, 0.5) is 0 Å². The van der Waals surface area contributed by atoms with Gasteiger partial charge in [0.25, 0.3) is 0 Å². The minimum atomic E-state index is 0.794. The summed E-state index contributed by atoms with van der Waals surface area (Å²) < 4.78 is 5.86. The largest absolute Gasteiger partial charge is 0.492 e. The van der Waals surface area contributed by atoms with E-state index in [0.717, 1.165) is 36.3 Å². The highest BCUT2D eigenvalue weighted by atomic mass is 16.5. The van der Waals surface area contributed by atoms with Crippen LogP contribution in [0.1, 0.15) is 96.5 Å². The average Bonchev–Trinajstić information content (AvgIpc) is 2.83. The number of aryl methyl sites for hydroxylation is 1. The number of ether oxygens (including phenoxy) is 1. The van der Waals surface area contributed by atoms with Crippen molar-refractivity contribution in [1.82, 2.24) is 4.98 Å². The minimum absolute atomic E-state index is 0.794. The minimum Gasteiger partial charge on any atom is -0.492 e. The number of rotatable bonds is 13. The molecule has 0 N–H and O–H groups in total. The summed E-state index contributed by atoms with van der Waals surface area (Å²) in [5.41, 5.74) is 3.67. The first kappa shape index (κ1) is 23.8. The number of benzene rings is 1. The zero-order valence-electron chi connectivity index (χ0n) is 20.0. The number of pyridine rings is 1. The Bertz CT molecular complexity index is 713. The van der Waals surface area contributed by atoms with E-state index >= 15 is 0 Å². The van der Waals surface area contributed by atoms with Crippen LogP contribution in [0.3, 0.4) is 0 Å². The molecule has 1 aliphatic rings. The Morgan fingerprint density at radius 2 is 1.52 bits per heavy atom. The van der Waals surface area contributed by atoms with E-state index in [-0.39, 0.29) is 0 Å². The lowest BCUT2D eigenvalue weighted by Crippen LogP contribution is -2.14. The molecule has 1 fully saturated rings. The van der Waals surface area contributed by atoms with Gasteiger partial charge in [-0.2, -0.15) is 0 Å². The molecule has 1 saturated carbocycles. The van der Waals surface area contributed by atoms with Crippen molar-refractivity contribution in [3.05, 3.63) is 48.2 Å². The smallest absolute Gasteiger partial charge is 0.137 e. The first-order valence-electron chi connectivity index (χ1n) is 13.0. The first-order valence-corrected chi connectivity index (χ1v) is 13.0. The van der Waals surface area contributed by atoms with E-state index in [0.29, 0.717) is 0 Å². The second-order valence-electron chi connectivity index (χ2n) is 9.53. The maximum Gasteiger partial charge on any atom is 0.137 e. The standard InChI is InChI=1S/C29H43NO/c1-3-5-6-7-8-9-22-31-28-20-21-29(30-23-28)27-18-16-26(17-19-27)15-14-25-12-10-24(4-2)11-13-25/h16-21,23-25H,3-15,22H2,1-2H3/t24-,25-. The molecule has 1 heterocycles. The van der Waals surface area contributed by atoms with Crippen molar-refractivity contribution in [3.8, 4) is 17.0 Å². The van der Waals surface area contributed by atoms with E-state index in [9.17, 15) is 0 Å². The molecule has 0 amide bonds. The van der Waals surface area contributed by atoms with Crippen LogP contribution in [0.2, 0.25) is 0 Å². The molecule has 2 nitrogen and oxygen atoms in total. The zero-order chi connectivity index (χ0) is 21.7. The van der Waals surface area contributed by atoms with E-state index in [1.54, 1.807) is 0 Å². The molecule has 1 aromatic carbocycles. The Morgan fingerprint density at radius 3 is 2.19 bits per heavy atom. The third-order valence-electron chi connectivity index (χ3n) is 7.14. The topological polar surface area (TPSA) is 22.1 Å². The van der Waals surface area contributed by atoms with Gasteiger partial charge < -0.3 is 4.74 Å². The summed E-state index contributed by atoms with van der Waals surface area (Å²) in [5.74, 6) is 2.81. The summed E-state index contributed by atoms with van der Waals surface area (Å²) in [4.78, 5) is 4.63. The molecule has 1 aromatic heterocycles. The van der Waals surface area contributed by atoms with Crippen LogP contribution in [0, 0.1) is 11.8 Å². The zero-order valence-corrected chi connectivity index (χ0v) is 20.0. The average molecular weight is 422 g/mol. The van der Waals surface area contributed by atoms with Gasteiger partial charge >= 0.3 is 0 Å². The molecule has 0 atom stereocenters. The van der Waals surface area contributed by atoms with Gasteiger partial charge in [0.15, 0.2) is 0 Å². The Balaban J connectivity index is 1.38. The van der Waals surface area contributed by atoms with Crippen molar-refractivity contribution in [2.75, 3.05) is 6.61 Å². The molecular formula is C29H43NO. The van der Waals surface area contributed by atoms with Crippen LogP contribution in [0.15, 0.2) is 42.6 Å². The highest BCUT2D eigenvalue weighted by Crippen LogP contribution is 2.33. The summed E-state index contributed by atoms with van der Waals surface area (Å²) in [6, 6.07) is 13.2. The fourth-order valence-electron chi connectivity index (χ4n) is 4.85. The van der Waals surface area contributed by atoms with Gasteiger partial charge in [-0.25, -0.2) is 0 Å². The molecule has 0 bridgehead atoms. The summed E-state index contributed by atoms with van der Waals surface area (Å²) in [5, 5.41) is 0. The fourth-order valence-corrected chi connectivity index (χ4v) is 4.85. The normalized spacial score (nSPS) is 18.8. The van der Waals surface area contributed by atoms with Crippen LogP contribution in [-0.2, 0) is 6.42 Å². The van der Waals surface area contributed by atoms with Crippen molar-refractivity contribution in [1.29, 1.82) is 0 Å². The van der Waals surface area contributed by atoms with Gasteiger partial charge in [0, 0.05) is 5.56 Å². The van der Waals surface area contributed by atoms with E-state index in [1.165, 1.54) is 88.2 Å². The van der Waals surface area contributed by atoms with Crippen molar-refractivity contribution >= 4 is 0 Å². The van der Waals surface area contributed by atoms with Gasteiger partial charge in [-0.15, -0.1) is 0 Å². The molecule has 31 heavy (non-hydrogen) atoms. The predicted octanol–water partition coefficient (Wildman–Crippen LogP) is 8.64. The molecule has 1 aliphatic carbocycles. The van der Waals surface area contributed by atoms with E-state index in [1.807, 2.05) is 6.20 Å². The van der Waals surface area contributed by atoms with Crippen LogP contribution in [0.5, 0.6) is 5.75 Å². The number of hydrogen-bond acceptors (Lipinski definition) is 2. The molecular weight excluding hydrogens is 378 g/mol. The third-order valence-corrected chi connectivity index (χ3v) is 7.14. The summed E-state index contributed by atoms with van der Waals surface area (Å²) in [6.45, 7) is 5.40. The molecule has 0 aliphatic heterocycles. The maximum atomic E-state index is 5.86. The lowest BCUT2D eigenvalue weighted by atomic mass is 9.78. The van der Waals surface area contributed by atoms with Crippen LogP contribution >= 0.6 is 0 Å². The monoisotopic (exact) mass is 421 g/mol. The van der Waals surface area contributed by atoms with E-state index in [4.69, 9.17) is 4.74 Å². The predicted molar refractivity (Wildman–Crippen MR) is 133 cm³/mol. The highest BCUT2D eigenvalue weighted by molar-refractivity contribution is 5.59. The Hall–Kier alpha value is -1.83. The van der Waals surface area contributed by atoms with Crippen LogP contribution in [-0.4, -0.2) is 11.6 Å². The van der Waals surface area contributed by atoms with Gasteiger partial charge in [0.1, 0.15) is 5.75 Å². The number of hydrogen-bond donors (Lipinski definition) is 0. The number of aromatic nitrogens is 1. The van der Waals surface area contributed by atoms with Crippen molar-refractivity contribution < 1.29 is 4.74 Å². The molecule has 0 saturated heterocycles. The molecule has 0 spiro atoms. The number of unbranched alkanes of at least 4 members (excludes halogenated alkanes) is 5. The SMILES string of the molecule is CCCCCCCCOc1ccc(-c2ccc(CC[C@H]3CC[C@H](CC)CC3)cc2)nc1. The van der Waals surface area contributed by atoms with Gasteiger partial charge in [0.05, 0.1) is 18.5 Å². The van der Waals surface area contributed by atoms with Gasteiger partial charge in [-0.3, -0.25) is 4.98 Å². The lowest BCUT2D eigenvalue weighted by Gasteiger charge is -2.27. The summed E-state index contributed by atoms with van der Waals surface area (Å²) >= 11 is 0. The molecule has 3 rings (SSSR count). The lowest BCUT2D eigenvalue weighted by molar-refractivity contribution is 0.259. The summed E-state index contributed by atoms with van der Waals surface area (Å²) in [6.07, 6.45) is 19.3. The van der Waals surface area contributed by atoms with Gasteiger partial charge in [-0.05, 0) is 48.8 Å². The molecule has 170 valence electrons. The summed E-state index contributed by atoms with van der Waals surface area (Å²) in [7, 11) is 0. The van der Waals surface area contributed by atoms with Gasteiger partial charge in [-0.1, -0.05) is 102 Å². The molecule has 0 radical (unpaired) electrons. The first-order chi connectivity index (χ1) is 15.3. The fraction of sp³-hybridized carbons (Fsp3) is 0.621. The van der Waals surface area contributed by atoms with E-state index in [2.05, 4.69) is 55.2 Å². The second-order valence-corrected chi connectivity index (χ2v) is 9.53. The molecule has 2 heteroatoms.